The second kappa shape index (κ2) is 6.35. The van der Waals surface area contributed by atoms with E-state index in [-0.39, 0.29) is 0 Å². The van der Waals surface area contributed by atoms with Gasteiger partial charge < -0.3 is 10.4 Å². The molecule has 2 aliphatic carbocycles. The molecule has 4 rings (SSSR count). The molecule has 0 atom stereocenters. The highest BCUT2D eigenvalue weighted by Crippen LogP contribution is 2.41. The Morgan fingerprint density at radius 1 is 1.27 bits per heavy atom. The lowest BCUT2D eigenvalue weighted by atomic mass is 9.85. The number of tetrazole rings is 1. The van der Waals surface area contributed by atoms with E-state index in [2.05, 4.69) is 20.8 Å². The second-order valence-corrected chi connectivity index (χ2v) is 7.35. The van der Waals surface area contributed by atoms with Crippen molar-refractivity contribution < 1.29 is 14.7 Å². The smallest absolute Gasteiger partial charge is 0.319 e. The summed E-state index contributed by atoms with van der Waals surface area (Å²) in [5, 5.41) is 24.5. The van der Waals surface area contributed by atoms with Gasteiger partial charge in [0, 0.05) is 11.6 Å². The van der Waals surface area contributed by atoms with Crippen LogP contribution in [0.3, 0.4) is 0 Å². The lowest BCUT2D eigenvalue weighted by Gasteiger charge is -2.22. The predicted octanol–water partition coefficient (Wildman–Crippen LogP) is 2.78. The van der Waals surface area contributed by atoms with Gasteiger partial charge in [-0.1, -0.05) is 24.4 Å². The number of carboxylic acid groups (broad SMARTS) is 1. The fraction of sp³-hybridized carbons (Fsp3) is 0.471. The molecule has 1 amide bonds. The lowest BCUT2D eigenvalue weighted by Crippen LogP contribution is -2.40. The van der Waals surface area contributed by atoms with E-state index in [1.165, 1.54) is 0 Å². The van der Waals surface area contributed by atoms with Crippen LogP contribution in [-0.2, 0) is 9.59 Å². The third-order valence-electron chi connectivity index (χ3n) is 5.17. The zero-order chi connectivity index (χ0) is 18.3. The molecule has 0 bridgehead atoms. The van der Waals surface area contributed by atoms with Gasteiger partial charge in [-0.2, -0.15) is 4.68 Å². The zero-order valence-electron chi connectivity index (χ0n) is 14.0. The van der Waals surface area contributed by atoms with E-state index in [4.69, 9.17) is 11.6 Å². The number of rotatable bonds is 5. The molecule has 0 radical (unpaired) electrons. The summed E-state index contributed by atoms with van der Waals surface area (Å²) in [6.45, 7) is 0. The Kier molecular flexibility index (Phi) is 4.14. The van der Waals surface area contributed by atoms with Gasteiger partial charge in [0.05, 0.1) is 10.7 Å². The number of carboxylic acids is 1. The summed E-state index contributed by atoms with van der Waals surface area (Å²) < 4.78 is 1.58. The molecule has 2 aliphatic rings. The number of aromatic nitrogens is 4. The average Bonchev–Trinajstić information content (AvgIpc) is 3.13. The van der Waals surface area contributed by atoms with Crippen molar-refractivity contribution >= 4 is 29.2 Å². The Balaban J connectivity index is 1.63. The number of carbonyl (C=O) groups is 2. The van der Waals surface area contributed by atoms with Crippen LogP contribution in [0.15, 0.2) is 18.2 Å². The molecule has 2 fully saturated rings. The van der Waals surface area contributed by atoms with E-state index in [1.807, 2.05) is 0 Å². The number of nitrogens with one attached hydrogen (secondary N) is 1. The first-order chi connectivity index (χ1) is 12.5. The number of halogens is 1. The van der Waals surface area contributed by atoms with Gasteiger partial charge in [0.2, 0.25) is 5.91 Å². The second-order valence-electron chi connectivity index (χ2n) is 6.94. The summed E-state index contributed by atoms with van der Waals surface area (Å²) in [6.07, 6.45) is 4.26. The number of anilines is 1. The fourth-order valence-electron chi connectivity index (χ4n) is 3.48. The molecule has 0 spiro atoms. The monoisotopic (exact) mass is 375 g/mol. The van der Waals surface area contributed by atoms with E-state index in [1.54, 1.807) is 22.9 Å². The number of hydrogen-bond donors (Lipinski definition) is 2. The van der Waals surface area contributed by atoms with E-state index in [0.29, 0.717) is 35.2 Å². The van der Waals surface area contributed by atoms with Crippen molar-refractivity contribution in [2.24, 2.45) is 5.41 Å². The minimum absolute atomic E-state index is 0.327. The van der Waals surface area contributed by atoms with E-state index >= 15 is 0 Å². The molecule has 1 aromatic heterocycles. The molecule has 2 aromatic rings. The summed E-state index contributed by atoms with van der Waals surface area (Å²) in [7, 11) is 0. The van der Waals surface area contributed by atoms with Crippen LogP contribution in [0.2, 0.25) is 5.02 Å². The molecule has 2 N–H and O–H groups in total. The van der Waals surface area contributed by atoms with Gasteiger partial charge in [0.15, 0.2) is 5.82 Å². The number of nitrogens with zero attached hydrogens (tertiary/aromatic N) is 4. The van der Waals surface area contributed by atoms with Gasteiger partial charge in [-0.15, -0.1) is 5.10 Å². The number of aliphatic carboxylic acids is 1. The number of carbonyl (C=O) groups excluding carboxylic acids is 1. The fourth-order valence-corrected chi connectivity index (χ4v) is 3.68. The molecule has 9 heteroatoms. The first-order valence-electron chi connectivity index (χ1n) is 8.64. The van der Waals surface area contributed by atoms with Crippen molar-refractivity contribution in [2.45, 2.75) is 44.4 Å². The topological polar surface area (TPSA) is 110 Å². The van der Waals surface area contributed by atoms with Crippen LogP contribution in [0.5, 0.6) is 0 Å². The molecule has 0 aliphatic heterocycles. The summed E-state index contributed by atoms with van der Waals surface area (Å²) in [5.74, 6) is -0.491. The van der Waals surface area contributed by atoms with Crippen molar-refractivity contribution in [1.82, 2.24) is 20.2 Å². The standard InChI is InChI=1S/C17H18ClN5O3/c18-12-6-5-11(19-15(24)17(16(25)26)7-1-2-8-17)9-13(12)23-14(10-3-4-10)20-21-22-23/h5-6,9-10H,1-4,7-8H2,(H,19,24)(H,25,26). The molecule has 0 saturated heterocycles. The minimum atomic E-state index is -1.35. The highest BCUT2D eigenvalue weighted by atomic mass is 35.5. The Morgan fingerprint density at radius 2 is 2.00 bits per heavy atom. The van der Waals surface area contributed by atoms with Gasteiger partial charge in [-0.3, -0.25) is 9.59 Å². The summed E-state index contributed by atoms with van der Waals surface area (Å²) in [6, 6.07) is 4.97. The number of benzene rings is 1. The Labute approximate surface area is 154 Å². The normalized spacial score (nSPS) is 18.7. The van der Waals surface area contributed by atoms with Crippen LogP contribution in [-0.4, -0.2) is 37.2 Å². The van der Waals surface area contributed by atoms with Crippen LogP contribution < -0.4 is 5.32 Å². The summed E-state index contributed by atoms with van der Waals surface area (Å²) >= 11 is 6.30. The van der Waals surface area contributed by atoms with E-state index in [9.17, 15) is 14.7 Å². The molecule has 8 nitrogen and oxygen atoms in total. The highest BCUT2D eigenvalue weighted by molar-refractivity contribution is 6.32. The molecule has 0 unspecified atom stereocenters. The SMILES string of the molecule is O=C(O)C1(C(=O)Nc2ccc(Cl)c(-n3nnnc3C3CC3)c2)CCCC1. The van der Waals surface area contributed by atoms with Crippen molar-refractivity contribution in [3.05, 3.63) is 29.0 Å². The molecule has 1 heterocycles. The van der Waals surface area contributed by atoms with Crippen LogP contribution >= 0.6 is 11.6 Å². The van der Waals surface area contributed by atoms with Gasteiger partial charge in [0.25, 0.3) is 0 Å². The largest absolute Gasteiger partial charge is 0.480 e. The van der Waals surface area contributed by atoms with Crippen molar-refractivity contribution in [1.29, 1.82) is 0 Å². The summed E-state index contributed by atoms with van der Waals surface area (Å²) in [4.78, 5) is 24.4. The van der Waals surface area contributed by atoms with Crippen molar-refractivity contribution in [3.8, 4) is 5.69 Å². The highest BCUT2D eigenvalue weighted by Gasteiger charge is 2.48. The maximum atomic E-state index is 12.7. The van der Waals surface area contributed by atoms with Crippen LogP contribution in [0.25, 0.3) is 5.69 Å². The van der Waals surface area contributed by atoms with Gasteiger partial charge >= 0.3 is 5.97 Å². The Hall–Kier alpha value is -2.48. The van der Waals surface area contributed by atoms with Crippen LogP contribution in [0.4, 0.5) is 5.69 Å². The molecule has 136 valence electrons. The third-order valence-corrected chi connectivity index (χ3v) is 5.49. The molecule has 26 heavy (non-hydrogen) atoms. The van der Waals surface area contributed by atoms with Gasteiger partial charge in [-0.05, 0) is 54.3 Å². The maximum Gasteiger partial charge on any atom is 0.319 e. The van der Waals surface area contributed by atoms with Crippen LogP contribution in [0, 0.1) is 5.41 Å². The first-order valence-corrected chi connectivity index (χ1v) is 9.02. The average molecular weight is 376 g/mol. The Morgan fingerprint density at radius 3 is 2.65 bits per heavy atom. The van der Waals surface area contributed by atoms with Crippen molar-refractivity contribution in [2.75, 3.05) is 5.32 Å². The minimum Gasteiger partial charge on any atom is -0.480 e. The predicted molar refractivity (Wildman–Crippen MR) is 93.3 cm³/mol. The zero-order valence-corrected chi connectivity index (χ0v) is 14.7. The number of hydrogen-bond acceptors (Lipinski definition) is 5. The molecule has 1 aromatic carbocycles. The Bertz CT molecular complexity index is 871. The molecular formula is C17H18ClN5O3. The first kappa shape index (κ1) is 17.0. The summed E-state index contributed by atoms with van der Waals surface area (Å²) in [5.41, 5.74) is -0.320. The maximum absolute atomic E-state index is 12.7. The van der Waals surface area contributed by atoms with Crippen LogP contribution in [0.1, 0.15) is 50.3 Å². The van der Waals surface area contributed by atoms with Gasteiger partial charge in [0.1, 0.15) is 5.41 Å². The van der Waals surface area contributed by atoms with Crippen molar-refractivity contribution in [3.63, 3.8) is 0 Å². The third kappa shape index (κ3) is 2.84. The molecule has 2 saturated carbocycles. The van der Waals surface area contributed by atoms with E-state index in [0.717, 1.165) is 31.5 Å². The number of amides is 1. The lowest BCUT2D eigenvalue weighted by molar-refractivity contribution is -0.153. The van der Waals surface area contributed by atoms with E-state index < -0.39 is 17.3 Å². The van der Waals surface area contributed by atoms with Gasteiger partial charge in [-0.25, -0.2) is 0 Å². The quantitative estimate of drug-likeness (QED) is 0.777. The molecular weight excluding hydrogens is 358 g/mol.